The van der Waals surface area contributed by atoms with E-state index < -0.39 is 0 Å². The van der Waals surface area contributed by atoms with Gasteiger partial charge < -0.3 is 14.2 Å². The van der Waals surface area contributed by atoms with Crippen molar-refractivity contribution in [2.75, 3.05) is 13.4 Å². The van der Waals surface area contributed by atoms with Crippen LogP contribution in [-0.2, 0) is 6.42 Å². The van der Waals surface area contributed by atoms with Crippen LogP contribution in [0.5, 0.6) is 17.2 Å². The number of hydrogen-bond donors (Lipinski definition) is 0. The van der Waals surface area contributed by atoms with E-state index in [1.165, 1.54) is 18.4 Å². The Morgan fingerprint density at radius 2 is 1.83 bits per heavy atom. The molecule has 0 saturated carbocycles. The van der Waals surface area contributed by atoms with E-state index in [9.17, 15) is 0 Å². The minimum absolute atomic E-state index is 0.251. The molecule has 1 heterocycles. The van der Waals surface area contributed by atoms with Crippen molar-refractivity contribution >= 4 is 11.9 Å². The first kappa shape index (κ1) is 16.4. The number of unbranched alkanes of at least 4 members (excludes halogenated alkanes) is 1. The van der Waals surface area contributed by atoms with Gasteiger partial charge in [-0.05, 0) is 43.5 Å². The third-order valence-electron chi connectivity index (χ3n) is 3.91. The Labute approximate surface area is 143 Å². The molecule has 0 aliphatic carbocycles. The van der Waals surface area contributed by atoms with E-state index in [1.807, 2.05) is 25.3 Å². The van der Waals surface area contributed by atoms with Crippen LogP contribution in [0.1, 0.15) is 37.8 Å². The number of benzene rings is 2. The highest BCUT2D eigenvalue weighted by molar-refractivity contribution is 5.87. The molecule has 0 atom stereocenters. The van der Waals surface area contributed by atoms with E-state index in [2.05, 4.69) is 36.2 Å². The zero-order valence-electron chi connectivity index (χ0n) is 14.2. The molecule has 0 bridgehead atoms. The molecule has 0 unspecified atom stereocenters. The Balaban J connectivity index is 1.78. The topological polar surface area (TPSA) is 40.0 Å². The normalized spacial score (nSPS) is 12.8. The summed E-state index contributed by atoms with van der Waals surface area (Å²) in [5.74, 6) is 2.20. The molecule has 0 aromatic heterocycles. The van der Waals surface area contributed by atoms with Gasteiger partial charge in [-0.2, -0.15) is 0 Å². The molecule has 126 valence electrons. The largest absolute Gasteiger partial charge is 0.493 e. The zero-order valence-corrected chi connectivity index (χ0v) is 14.2. The predicted octanol–water partition coefficient (Wildman–Crippen LogP) is 4.91. The monoisotopic (exact) mass is 325 g/mol. The molecule has 4 heteroatoms. The van der Waals surface area contributed by atoms with Crippen LogP contribution in [0.4, 0.5) is 5.69 Å². The van der Waals surface area contributed by atoms with Gasteiger partial charge in [0.25, 0.3) is 0 Å². The first-order chi connectivity index (χ1) is 11.8. The predicted molar refractivity (Wildman–Crippen MR) is 96.0 cm³/mol. The summed E-state index contributed by atoms with van der Waals surface area (Å²) in [4.78, 5) is 4.56. The van der Waals surface area contributed by atoms with E-state index in [-0.39, 0.29) is 6.79 Å². The minimum Gasteiger partial charge on any atom is -0.493 e. The fraction of sp³-hybridized carbons (Fsp3) is 0.350. The van der Waals surface area contributed by atoms with Crippen LogP contribution in [0.25, 0.3) is 0 Å². The fourth-order valence-electron chi connectivity index (χ4n) is 2.59. The van der Waals surface area contributed by atoms with Gasteiger partial charge in [-0.25, -0.2) is 0 Å². The van der Waals surface area contributed by atoms with Crippen molar-refractivity contribution in [1.29, 1.82) is 0 Å². The van der Waals surface area contributed by atoms with Crippen molar-refractivity contribution in [3.05, 3.63) is 47.5 Å². The van der Waals surface area contributed by atoms with Crippen molar-refractivity contribution in [2.45, 2.75) is 33.1 Å². The highest BCUT2D eigenvalue weighted by atomic mass is 16.7. The van der Waals surface area contributed by atoms with Crippen LogP contribution in [-0.4, -0.2) is 19.6 Å². The molecule has 3 rings (SSSR count). The smallest absolute Gasteiger partial charge is 0.231 e. The number of nitrogens with zero attached hydrogens (tertiary/aromatic N) is 1. The minimum atomic E-state index is 0.251. The van der Waals surface area contributed by atoms with E-state index in [4.69, 9.17) is 14.2 Å². The summed E-state index contributed by atoms with van der Waals surface area (Å²) in [6, 6.07) is 12.2. The molecule has 1 aliphatic heterocycles. The molecule has 1 aliphatic rings. The molecule has 4 nitrogen and oxygen atoms in total. The maximum absolute atomic E-state index is 5.69. The third-order valence-corrected chi connectivity index (χ3v) is 3.91. The van der Waals surface area contributed by atoms with Gasteiger partial charge in [0.2, 0.25) is 6.79 Å². The maximum Gasteiger partial charge on any atom is 0.231 e. The number of hydrogen-bond acceptors (Lipinski definition) is 4. The Hall–Kier alpha value is -2.49. The molecule has 0 saturated heterocycles. The van der Waals surface area contributed by atoms with Crippen LogP contribution in [0.3, 0.4) is 0 Å². The maximum atomic E-state index is 5.69. The van der Waals surface area contributed by atoms with Gasteiger partial charge in [-0.1, -0.05) is 25.5 Å². The van der Waals surface area contributed by atoms with E-state index in [0.29, 0.717) is 6.61 Å². The van der Waals surface area contributed by atoms with Crippen molar-refractivity contribution in [3.63, 3.8) is 0 Å². The van der Waals surface area contributed by atoms with Crippen molar-refractivity contribution in [3.8, 4) is 17.2 Å². The van der Waals surface area contributed by atoms with Crippen LogP contribution < -0.4 is 14.2 Å². The molecule has 0 N–H and O–H groups in total. The van der Waals surface area contributed by atoms with Crippen LogP contribution in [0.2, 0.25) is 0 Å². The first-order valence-electron chi connectivity index (χ1n) is 8.49. The average molecular weight is 325 g/mol. The van der Waals surface area contributed by atoms with Crippen LogP contribution in [0.15, 0.2) is 41.4 Å². The molecule has 2 aromatic rings. The van der Waals surface area contributed by atoms with Gasteiger partial charge in [-0.3, -0.25) is 4.99 Å². The van der Waals surface area contributed by atoms with Crippen molar-refractivity contribution < 1.29 is 14.2 Å². The third kappa shape index (κ3) is 3.88. The summed E-state index contributed by atoms with van der Waals surface area (Å²) in [5, 5.41) is 0. The Morgan fingerprint density at radius 3 is 2.54 bits per heavy atom. The molecule has 0 spiro atoms. The van der Waals surface area contributed by atoms with E-state index >= 15 is 0 Å². The molecule has 2 aromatic carbocycles. The van der Waals surface area contributed by atoms with Gasteiger partial charge in [0.1, 0.15) is 5.75 Å². The number of ether oxygens (including phenoxy) is 3. The number of rotatable bonds is 7. The lowest BCUT2D eigenvalue weighted by Gasteiger charge is -2.08. The summed E-state index contributed by atoms with van der Waals surface area (Å²) < 4.78 is 16.5. The average Bonchev–Trinajstić information content (AvgIpc) is 3.06. The van der Waals surface area contributed by atoms with Crippen molar-refractivity contribution in [2.24, 2.45) is 4.99 Å². The van der Waals surface area contributed by atoms with Gasteiger partial charge >= 0.3 is 0 Å². The molecular weight excluding hydrogens is 302 g/mol. The molecule has 0 radical (unpaired) electrons. The number of aliphatic imine (C=N–C) groups is 1. The molecule has 0 fully saturated rings. The Morgan fingerprint density at radius 1 is 1.08 bits per heavy atom. The van der Waals surface area contributed by atoms with E-state index in [1.54, 1.807) is 0 Å². The lowest BCUT2D eigenvalue weighted by atomic mass is 10.1. The van der Waals surface area contributed by atoms with Crippen molar-refractivity contribution in [1.82, 2.24) is 0 Å². The summed E-state index contributed by atoms with van der Waals surface area (Å²) in [6.07, 6.45) is 5.37. The van der Waals surface area contributed by atoms with E-state index in [0.717, 1.165) is 34.9 Å². The van der Waals surface area contributed by atoms with Gasteiger partial charge in [0.15, 0.2) is 11.5 Å². The zero-order chi connectivity index (χ0) is 16.8. The number of fused-ring (bicyclic) bond motifs is 1. The standard InChI is InChI=1S/C20H23NO3/c1-3-5-6-15-7-9-17(10-8-15)21-13-16-11-19-20(24-14-23-19)12-18(16)22-4-2/h7-13H,3-6,14H2,1-2H3. The van der Waals surface area contributed by atoms with Gasteiger partial charge in [0, 0.05) is 17.8 Å². The van der Waals surface area contributed by atoms with Gasteiger partial charge in [-0.15, -0.1) is 0 Å². The SMILES string of the molecule is CCCCc1ccc(N=Cc2cc3c(cc2OCC)OCO3)cc1. The second kappa shape index (κ2) is 7.86. The summed E-state index contributed by atoms with van der Waals surface area (Å²) in [5.41, 5.74) is 3.17. The molecule has 24 heavy (non-hydrogen) atoms. The quantitative estimate of drug-likeness (QED) is 0.679. The Kier molecular flexibility index (Phi) is 5.36. The fourth-order valence-corrected chi connectivity index (χ4v) is 2.59. The van der Waals surface area contributed by atoms with Crippen LogP contribution in [0, 0.1) is 0 Å². The first-order valence-corrected chi connectivity index (χ1v) is 8.49. The summed E-state index contributed by atoms with van der Waals surface area (Å²) >= 11 is 0. The second-order valence-electron chi connectivity index (χ2n) is 5.70. The Bertz CT molecular complexity index is 708. The number of aryl methyl sites for hydroxylation is 1. The second-order valence-corrected chi connectivity index (χ2v) is 5.70. The van der Waals surface area contributed by atoms with Gasteiger partial charge in [0.05, 0.1) is 12.3 Å². The highest BCUT2D eigenvalue weighted by Gasteiger charge is 2.17. The lowest BCUT2D eigenvalue weighted by molar-refractivity contribution is 0.174. The lowest BCUT2D eigenvalue weighted by Crippen LogP contribution is -1.96. The van der Waals surface area contributed by atoms with Crippen LogP contribution >= 0.6 is 0 Å². The molecular formula is C20H23NO3. The highest BCUT2D eigenvalue weighted by Crippen LogP contribution is 2.37. The summed E-state index contributed by atoms with van der Waals surface area (Å²) in [7, 11) is 0. The molecule has 0 amide bonds. The summed E-state index contributed by atoms with van der Waals surface area (Å²) in [6.45, 7) is 5.01.